The number of amides is 2. The van der Waals surface area contributed by atoms with Crippen molar-refractivity contribution < 1.29 is 57.5 Å². The number of aryl methyl sites for hydroxylation is 1. The Hall–Kier alpha value is -4.72. The Bertz CT molecular complexity index is 1720. The number of ether oxygens (including phenoxy) is 5. The number of carbonyl (C=O) groups is 4. The molecule has 3 rings (SSSR count). The Morgan fingerprint density at radius 2 is 1.43 bits per heavy atom. The zero-order chi connectivity index (χ0) is 44.2. The van der Waals surface area contributed by atoms with Crippen LogP contribution in [0.4, 0.5) is 10.3 Å². The van der Waals surface area contributed by atoms with Gasteiger partial charge in [0.25, 0.3) is 5.91 Å². The second-order valence-electron chi connectivity index (χ2n) is 14.7. The van der Waals surface area contributed by atoms with Crippen LogP contribution in [0.2, 0.25) is 0 Å². The Labute approximate surface area is 355 Å². The predicted molar refractivity (Wildman–Crippen MR) is 225 cm³/mol. The number of hydrogen-bond donors (Lipinski definition) is 5. The summed E-state index contributed by atoms with van der Waals surface area (Å²) in [6.07, 6.45) is 7.09. The molecule has 3 aromatic rings. The van der Waals surface area contributed by atoms with Crippen molar-refractivity contribution in [1.29, 1.82) is 0 Å². The molecular formula is C42H60FN5O11S. The lowest BCUT2D eigenvalue weighted by molar-refractivity contribution is -0.148. The molecule has 5 N–H and O–H groups in total. The number of hydrogen-bond acceptors (Lipinski definition) is 14. The fourth-order valence-corrected chi connectivity index (χ4v) is 6.38. The summed E-state index contributed by atoms with van der Waals surface area (Å²) in [6, 6.07) is 12.0. The van der Waals surface area contributed by atoms with Crippen molar-refractivity contribution in [1.82, 2.24) is 20.6 Å². The number of benzene rings is 2. The molecule has 0 aliphatic heterocycles. The SMILES string of the molecule is CC(C)(CCCCc1cc(Oc2ccc(SNc3ncc(C(=O)NCCOCCOCC(=O)NCCOCCOCC=O)cn3)cc2)ccc1F)CC(C)(C)C(=O)O.CO. The quantitative estimate of drug-likeness (QED) is 0.0318. The van der Waals surface area contributed by atoms with Crippen molar-refractivity contribution in [3.05, 3.63) is 71.8 Å². The van der Waals surface area contributed by atoms with E-state index in [0.29, 0.717) is 68.5 Å². The normalized spacial score (nSPS) is 11.2. The van der Waals surface area contributed by atoms with Crippen molar-refractivity contribution in [2.24, 2.45) is 10.8 Å². The van der Waals surface area contributed by atoms with Gasteiger partial charge in [-0.2, -0.15) is 0 Å². The third kappa shape index (κ3) is 21.5. The molecule has 60 heavy (non-hydrogen) atoms. The molecule has 0 saturated heterocycles. The third-order valence-electron chi connectivity index (χ3n) is 8.56. The molecule has 0 saturated carbocycles. The molecule has 0 aliphatic carbocycles. The van der Waals surface area contributed by atoms with E-state index in [1.54, 1.807) is 38.1 Å². The molecule has 0 bridgehead atoms. The summed E-state index contributed by atoms with van der Waals surface area (Å²) in [7, 11) is 1.00. The highest BCUT2D eigenvalue weighted by atomic mass is 32.2. The van der Waals surface area contributed by atoms with Crippen molar-refractivity contribution in [3.63, 3.8) is 0 Å². The largest absolute Gasteiger partial charge is 0.481 e. The number of aromatic nitrogens is 2. The Morgan fingerprint density at radius 1 is 0.817 bits per heavy atom. The van der Waals surface area contributed by atoms with Gasteiger partial charge < -0.3 is 49.3 Å². The first-order valence-corrected chi connectivity index (χ1v) is 20.4. The van der Waals surface area contributed by atoms with Crippen LogP contribution in [0, 0.1) is 16.6 Å². The van der Waals surface area contributed by atoms with E-state index in [2.05, 4.69) is 39.2 Å². The van der Waals surface area contributed by atoms with Gasteiger partial charge in [-0.15, -0.1) is 0 Å². The van der Waals surface area contributed by atoms with Gasteiger partial charge in [0, 0.05) is 37.5 Å². The Balaban J connectivity index is 0.00000610. The standard InChI is InChI=1S/C41H56FN5O10S.CH4O/c1-40(2,29-41(3,4)38(51)52)14-6-5-7-30-25-33(10-13-35(30)42)57-32-8-11-34(12-9-32)58-47-39-45-26-31(27-46-39)37(50)44-16-19-54-23-24-56-28-36(49)43-15-18-53-21-22-55-20-17-48;1-2/h8-13,17,25-27H,5-7,14-16,18-24,28-29H2,1-4H3,(H,43,49)(H,44,50)(H,51,52)(H,45,46,47);2H,1H3. The van der Waals surface area contributed by atoms with E-state index in [1.165, 1.54) is 30.4 Å². The van der Waals surface area contributed by atoms with Gasteiger partial charge in [0.15, 0.2) is 0 Å². The summed E-state index contributed by atoms with van der Waals surface area (Å²) in [4.78, 5) is 55.2. The van der Waals surface area contributed by atoms with Crippen molar-refractivity contribution >= 4 is 42.0 Å². The summed E-state index contributed by atoms with van der Waals surface area (Å²) >= 11 is 1.28. The number of nitrogens with zero attached hydrogens (tertiary/aromatic N) is 2. The minimum Gasteiger partial charge on any atom is -0.481 e. The van der Waals surface area contributed by atoms with Crippen LogP contribution in [0.25, 0.3) is 0 Å². The van der Waals surface area contributed by atoms with Crippen molar-refractivity contribution in [3.8, 4) is 11.5 Å². The highest BCUT2D eigenvalue weighted by Gasteiger charge is 2.34. The topological polar surface area (TPSA) is 217 Å². The zero-order valence-electron chi connectivity index (χ0n) is 35.1. The molecular weight excluding hydrogens is 802 g/mol. The average molecular weight is 862 g/mol. The maximum Gasteiger partial charge on any atom is 0.309 e. The van der Waals surface area contributed by atoms with E-state index in [-0.39, 0.29) is 68.2 Å². The second-order valence-corrected chi connectivity index (χ2v) is 15.6. The molecule has 2 aromatic carbocycles. The van der Waals surface area contributed by atoms with Crippen LogP contribution < -0.4 is 20.1 Å². The summed E-state index contributed by atoms with van der Waals surface area (Å²) < 4.78 is 44.6. The van der Waals surface area contributed by atoms with Crippen molar-refractivity contribution in [2.75, 3.05) is 77.8 Å². The van der Waals surface area contributed by atoms with Crippen LogP contribution in [0.5, 0.6) is 11.5 Å². The number of carbonyl (C=O) groups excluding carboxylic acids is 3. The minimum atomic E-state index is -0.801. The van der Waals surface area contributed by atoms with Crippen LogP contribution in [0.15, 0.2) is 59.8 Å². The van der Waals surface area contributed by atoms with Crippen molar-refractivity contribution in [2.45, 2.75) is 64.7 Å². The number of unbranched alkanes of at least 4 members (excludes halogenated alkanes) is 1. The van der Waals surface area contributed by atoms with E-state index in [0.717, 1.165) is 31.3 Å². The van der Waals surface area contributed by atoms with E-state index in [4.69, 9.17) is 28.8 Å². The summed E-state index contributed by atoms with van der Waals surface area (Å²) in [5, 5.41) is 21.9. The third-order valence-corrected chi connectivity index (χ3v) is 9.36. The van der Waals surface area contributed by atoms with Gasteiger partial charge in [0.05, 0.1) is 50.6 Å². The number of aliphatic carboxylic acids is 1. The number of aliphatic hydroxyl groups is 1. The van der Waals surface area contributed by atoms with Crippen LogP contribution in [-0.4, -0.2) is 117 Å². The molecule has 18 heteroatoms. The molecule has 0 radical (unpaired) electrons. The van der Waals surface area contributed by atoms with Gasteiger partial charge in [-0.25, -0.2) is 14.4 Å². The maximum absolute atomic E-state index is 14.6. The first kappa shape index (κ1) is 51.4. The molecule has 1 aromatic heterocycles. The zero-order valence-corrected chi connectivity index (χ0v) is 35.9. The lowest BCUT2D eigenvalue weighted by atomic mass is 9.72. The fourth-order valence-electron chi connectivity index (χ4n) is 5.79. The molecule has 0 atom stereocenters. The number of carboxylic acid groups (broad SMARTS) is 1. The van der Waals surface area contributed by atoms with Gasteiger partial charge in [0.2, 0.25) is 11.9 Å². The van der Waals surface area contributed by atoms with Crippen LogP contribution in [0.3, 0.4) is 0 Å². The van der Waals surface area contributed by atoms with Crippen LogP contribution in [-0.2, 0) is 39.8 Å². The van der Waals surface area contributed by atoms with E-state index >= 15 is 0 Å². The monoisotopic (exact) mass is 861 g/mol. The van der Waals surface area contributed by atoms with E-state index < -0.39 is 11.4 Å². The molecule has 0 aliphatic rings. The lowest BCUT2D eigenvalue weighted by Crippen LogP contribution is -2.31. The molecule has 0 fully saturated rings. The summed E-state index contributed by atoms with van der Waals surface area (Å²) in [5.41, 5.74) is -0.0770. The van der Waals surface area contributed by atoms with Gasteiger partial charge in [0.1, 0.15) is 36.8 Å². The number of aldehydes is 1. The van der Waals surface area contributed by atoms with Gasteiger partial charge in [-0.1, -0.05) is 20.3 Å². The number of rotatable bonds is 30. The Morgan fingerprint density at radius 3 is 2.08 bits per heavy atom. The average Bonchev–Trinajstić information content (AvgIpc) is 3.22. The minimum absolute atomic E-state index is 0.0323. The van der Waals surface area contributed by atoms with E-state index in [9.17, 15) is 28.7 Å². The first-order valence-electron chi connectivity index (χ1n) is 19.6. The van der Waals surface area contributed by atoms with Gasteiger partial charge in [-0.3, -0.25) is 19.1 Å². The maximum atomic E-state index is 14.6. The van der Waals surface area contributed by atoms with Crippen LogP contribution in [0.1, 0.15) is 69.3 Å². The van der Waals surface area contributed by atoms with Crippen LogP contribution >= 0.6 is 11.9 Å². The number of halogens is 1. The van der Waals surface area contributed by atoms with Gasteiger partial charge >= 0.3 is 5.97 Å². The smallest absolute Gasteiger partial charge is 0.309 e. The summed E-state index contributed by atoms with van der Waals surface area (Å²) in [6.45, 7) is 9.82. The Kier molecular flexibility index (Phi) is 24.6. The molecule has 1 heterocycles. The fraction of sp³-hybridized carbons (Fsp3) is 0.524. The summed E-state index contributed by atoms with van der Waals surface area (Å²) in [5.74, 6) is -0.283. The number of carboxylic acids is 1. The molecule has 332 valence electrons. The highest BCUT2D eigenvalue weighted by Crippen LogP contribution is 2.38. The molecule has 0 unspecified atom stereocenters. The van der Waals surface area contributed by atoms with E-state index in [1.807, 2.05) is 12.1 Å². The van der Waals surface area contributed by atoms with Gasteiger partial charge in [-0.05, 0) is 105 Å². The highest BCUT2D eigenvalue weighted by molar-refractivity contribution is 8.00. The molecule has 2 amide bonds. The predicted octanol–water partition coefficient (Wildman–Crippen LogP) is 5.49. The number of aliphatic hydroxyl groups excluding tert-OH is 1. The molecule has 16 nitrogen and oxygen atoms in total. The second kappa shape index (κ2) is 28.7. The molecule has 0 spiro atoms. The number of anilines is 1. The number of nitrogens with one attached hydrogen (secondary N) is 3. The first-order chi connectivity index (χ1) is 28.8. The lowest BCUT2D eigenvalue weighted by Gasteiger charge is -2.32.